The first kappa shape index (κ1) is 15.3. The largest absolute Gasteiger partial charge is 0.491 e. The van der Waals surface area contributed by atoms with Gasteiger partial charge in [0.05, 0.1) is 13.2 Å². The zero-order chi connectivity index (χ0) is 14.2. The van der Waals surface area contributed by atoms with E-state index in [1.165, 1.54) is 0 Å². The molecule has 0 saturated carbocycles. The molecule has 0 bridgehead atoms. The van der Waals surface area contributed by atoms with Gasteiger partial charge in [0.15, 0.2) is 0 Å². The summed E-state index contributed by atoms with van der Waals surface area (Å²) in [4.78, 5) is 1.57. The van der Waals surface area contributed by atoms with Crippen molar-refractivity contribution in [3.8, 4) is 5.75 Å². The SMILES string of the molecule is C[C@@H]1C[NH+](CCOCCOc2ccccc2)C[C@H](C)O1. The average molecular weight is 280 g/mol. The number of ether oxygens (including phenoxy) is 3. The quantitative estimate of drug-likeness (QED) is 0.749. The van der Waals surface area contributed by atoms with Crippen LogP contribution in [0.25, 0.3) is 0 Å². The highest BCUT2D eigenvalue weighted by Crippen LogP contribution is 2.07. The highest BCUT2D eigenvalue weighted by Gasteiger charge is 2.24. The Bertz CT molecular complexity index is 361. The Morgan fingerprint density at radius 2 is 1.75 bits per heavy atom. The Hall–Kier alpha value is -1.10. The highest BCUT2D eigenvalue weighted by atomic mass is 16.5. The molecule has 0 spiro atoms. The molecule has 1 aromatic rings. The van der Waals surface area contributed by atoms with Gasteiger partial charge >= 0.3 is 0 Å². The molecule has 0 aliphatic carbocycles. The molecule has 0 amide bonds. The maximum Gasteiger partial charge on any atom is 0.119 e. The number of quaternary nitrogens is 1. The van der Waals surface area contributed by atoms with Crippen molar-refractivity contribution in [3.63, 3.8) is 0 Å². The minimum Gasteiger partial charge on any atom is -0.491 e. The van der Waals surface area contributed by atoms with Gasteiger partial charge in [-0.25, -0.2) is 0 Å². The van der Waals surface area contributed by atoms with Crippen LogP contribution in [0.2, 0.25) is 0 Å². The molecule has 1 aliphatic heterocycles. The minimum atomic E-state index is 0.357. The molecule has 1 unspecified atom stereocenters. The normalized spacial score (nSPS) is 26.4. The number of rotatable bonds is 7. The van der Waals surface area contributed by atoms with E-state index in [2.05, 4.69) is 13.8 Å². The number of benzene rings is 1. The first-order valence-corrected chi connectivity index (χ1v) is 7.48. The molecule has 4 heteroatoms. The third kappa shape index (κ3) is 5.49. The Morgan fingerprint density at radius 3 is 2.45 bits per heavy atom. The molecule has 20 heavy (non-hydrogen) atoms. The van der Waals surface area contributed by atoms with E-state index >= 15 is 0 Å². The summed E-state index contributed by atoms with van der Waals surface area (Å²) in [6, 6.07) is 9.85. The van der Waals surface area contributed by atoms with Gasteiger partial charge in [-0.2, -0.15) is 0 Å². The van der Waals surface area contributed by atoms with Crippen molar-refractivity contribution in [1.29, 1.82) is 0 Å². The third-order valence-electron chi connectivity index (χ3n) is 3.46. The van der Waals surface area contributed by atoms with Gasteiger partial charge in [-0.3, -0.25) is 0 Å². The van der Waals surface area contributed by atoms with E-state index in [1.54, 1.807) is 4.90 Å². The topological polar surface area (TPSA) is 32.1 Å². The van der Waals surface area contributed by atoms with Crippen molar-refractivity contribution >= 4 is 0 Å². The average Bonchev–Trinajstić information content (AvgIpc) is 2.43. The number of morpholine rings is 1. The minimum absolute atomic E-state index is 0.357. The molecule has 4 nitrogen and oxygen atoms in total. The van der Waals surface area contributed by atoms with Gasteiger partial charge in [0, 0.05) is 0 Å². The fourth-order valence-electron chi connectivity index (χ4n) is 2.65. The molecule has 1 fully saturated rings. The van der Waals surface area contributed by atoms with Crippen molar-refractivity contribution in [3.05, 3.63) is 30.3 Å². The van der Waals surface area contributed by atoms with E-state index in [9.17, 15) is 0 Å². The first-order valence-electron chi connectivity index (χ1n) is 7.48. The maximum absolute atomic E-state index is 5.73. The van der Waals surface area contributed by atoms with Gasteiger partial charge in [0.1, 0.15) is 44.2 Å². The second-order valence-corrected chi connectivity index (χ2v) is 5.44. The maximum atomic E-state index is 5.73. The summed E-state index contributed by atoms with van der Waals surface area (Å²) < 4.78 is 17.0. The van der Waals surface area contributed by atoms with Crippen molar-refractivity contribution < 1.29 is 19.1 Å². The van der Waals surface area contributed by atoms with Gasteiger partial charge in [-0.15, -0.1) is 0 Å². The lowest BCUT2D eigenvalue weighted by molar-refractivity contribution is -0.915. The molecule has 1 aromatic carbocycles. The predicted molar refractivity (Wildman–Crippen MR) is 78.3 cm³/mol. The van der Waals surface area contributed by atoms with Crippen LogP contribution in [-0.4, -0.2) is 51.7 Å². The Kier molecular flexibility index (Phi) is 6.30. The predicted octanol–water partition coefficient (Wildman–Crippen LogP) is 0.774. The Balaban J connectivity index is 1.51. The summed E-state index contributed by atoms with van der Waals surface area (Å²) in [5, 5.41) is 0. The van der Waals surface area contributed by atoms with Crippen molar-refractivity contribution in [2.45, 2.75) is 26.1 Å². The molecule has 3 atom stereocenters. The summed E-state index contributed by atoms with van der Waals surface area (Å²) in [6.07, 6.45) is 0.713. The lowest BCUT2D eigenvalue weighted by atomic mass is 10.2. The van der Waals surface area contributed by atoms with Crippen molar-refractivity contribution in [2.75, 3.05) is 39.5 Å². The summed E-state index contributed by atoms with van der Waals surface area (Å²) in [5.74, 6) is 0.901. The molecule has 1 heterocycles. The molecular weight excluding hydrogens is 254 g/mol. The van der Waals surface area contributed by atoms with Crippen LogP contribution in [0.5, 0.6) is 5.75 Å². The van der Waals surface area contributed by atoms with E-state index in [-0.39, 0.29) is 0 Å². The van der Waals surface area contributed by atoms with Crippen molar-refractivity contribution in [1.82, 2.24) is 0 Å². The zero-order valence-electron chi connectivity index (χ0n) is 12.5. The molecule has 112 valence electrons. The van der Waals surface area contributed by atoms with E-state index in [1.807, 2.05) is 30.3 Å². The summed E-state index contributed by atoms with van der Waals surface area (Å²) >= 11 is 0. The smallest absolute Gasteiger partial charge is 0.119 e. The fraction of sp³-hybridized carbons (Fsp3) is 0.625. The van der Waals surface area contributed by atoms with Crippen LogP contribution in [0.15, 0.2) is 30.3 Å². The molecular formula is C16H26NO3+. The van der Waals surface area contributed by atoms with E-state index < -0.39 is 0 Å². The Labute approximate surface area is 121 Å². The molecule has 1 N–H and O–H groups in total. The van der Waals surface area contributed by atoms with Crippen LogP contribution in [0, 0.1) is 0 Å². The number of hydrogen-bond acceptors (Lipinski definition) is 3. The van der Waals surface area contributed by atoms with Gasteiger partial charge in [0.25, 0.3) is 0 Å². The van der Waals surface area contributed by atoms with Crippen LogP contribution in [0.1, 0.15) is 13.8 Å². The highest BCUT2D eigenvalue weighted by molar-refractivity contribution is 5.20. The molecule has 0 aromatic heterocycles. The zero-order valence-corrected chi connectivity index (χ0v) is 12.5. The monoisotopic (exact) mass is 280 g/mol. The van der Waals surface area contributed by atoms with Gasteiger partial charge in [-0.05, 0) is 26.0 Å². The van der Waals surface area contributed by atoms with Gasteiger partial charge in [-0.1, -0.05) is 18.2 Å². The van der Waals surface area contributed by atoms with Crippen LogP contribution < -0.4 is 9.64 Å². The van der Waals surface area contributed by atoms with Crippen LogP contribution in [0.3, 0.4) is 0 Å². The molecule has 1 aliphatic rings. The summed E-state index contributed by atoms with van der Waals surface area (Å²) in [5.41, 5.74) is 0. The Morgan fingerprint density at radius 1 is 1.05 bits per heavy atom. The van der Waals surface area contributed by atoms with Gasteiger partial charge in [0.2, 0.25) is 0 Å². The second-order valence-electron chi connectivity index (χ2n) is 5.44. The van der Waals surface area contributed by atoms with Crippen molar-refractivity contribution in [2.24, 2.45) is 0 Å². The lowest BCUT2D eigenvalue weighted by Gasteiger charge is -2.32. The second kappa shape index (κ2) is 8.25. The van der Waals surface area contributed by atoms with Crippen LogP contribution in [0.4, 0.5) is 0 Å². The third-order valence-corrected chi connectivity index (χ3v) is 3.46. The number of nitrogens with one attached hydrogen (secondary N) is 1. The van der Waals surface area contributed by atoms with Crippen LogP contribution in [-0.2, 0) is 9.47 Å². The summed E-state index contributed by atoms with van der Waals surface area (Å²) in [6.45, 7) is 9.52. The van der Waals surface area contributed by atoms with E-state index in [0.29, 0.717) is 25.4 Å². The standard InChI is InChI=1S/C16H25NO3/c1-14-12-17(13-15(2)20-14)8-9-18-10-11-19-16-6-4-3-5-7-16/h3-7,14-15H,8-13H2,1-2H3/p+1/t14-,15+. The fourth-order valence-corrected chi connectivity index (χ4v) is 2.65. The van der Waals surface area contributed by atoms with Crippen LogP contribution >= 0.6 is 0 Å². The van der Waals surface area contributed by atoms with E-state index in [4.69, 9.17) is 14.2 Å². The molecule has 2 rings (SSSR count). The number of hydrogen-bond donors (Lipinski definition) is 1. The number of para-hydroxylation sites is 1. The first-order chi connectivity index (χ1) is 9.74. The molecule has 0 radical (unpaired) electrons. The summed E-state index contributed by atoms with van der Waals surface area (Å²) in [7, 11) is 0. The van der Waals surface area contributed by atoms with E-state index in [0.717, 1.165) is 32.0 Å². The van der Waals surface area contributed by atoms with Gasteiger partial charge < -0.3 is 19.1 Å². The molecule has 1 saturated heterocycles. The lowest BCUT2D eigenvalue weighted by Crippen LogP contribution is -3.15.